The van der Waals surface area contributed by atoms with E-state index in [4.69, 9.17) is 21.4 Å². The van der Waals surface area contributed by atoms with E-state index in [1.807, 2.05) is 42.5 Å². The smallest absolute Gasteiger partial charge is 0.475 e. The average molecular weight is 545 g/mol. The van der Waals surface area contributed by atoms with E-state index < -0.39 is 24.2 Å². The number of thioether (sulfide) groups is 1. The molecule has 0 bridgehead atoms. The van der Waals surface area contributed by atoms with Gasteiger partial charge in [0, 0.05) is 18.0 Å². The van der Waals surface area contributed by atoms with Crippen molar-refractivity contribution in [3.8, 4) is 0 Å². The number of halogens is 3. The number of benzene rings is 2. The first kappa shape index (κ1) is 32.2. The van der Waals surface area contributed by atoms with E-state index in [9.17, 15) is 22.8 Å². The van der Waals surface area contributed by atoms with Crippen LogP contribution in [-0.2, 0) is 14.4 Å². The minimum atomic E-state index is -5.08. The second-order valence-corrected chi connectivity index (χ2v) is 9.54. The third-order valence-corrected chi connectivity index (χ3v) is 6.24. The fourth-order valence-corrected chi connectivity index (χ4v) is 3.92. The average Bonchev–Trinajstić information content (AvgIpc) is 2.85. The van der Waals surface area contributed by atoms with Gasteiger partial charge in [0.05, 0.1) is 6.04 Å². The lowest BCUT2D eigenvalue weighted by Crippen LogP contribution is -2.52. The lowest BCUT2D eigenvalue weighted by Gasteiger charge is -2.30. The van der Waals surface area contributed by atoms with Crippen molar-refractivity contribution in [1.82, 2.24) is 4.90 Å². The minimum Gasteiger partial charge on any atom is -0.475 e. The Labute approximate surface area is 218 Å². The van der Waals surface area contributed by atoms with E-state index in [1.165, 1.54) is 0 Å². The summed E-state index contributed by atoms with van der Waals surface area (Å²) in [5.74, 6) is -1.42. The highest BCUT2D eigenvalue weighted by atomic mass is 32.2. The standard InChI is InChI=1S/C23H34N4O2S.C2HF3O2/c1-3-30-15-14-27(23(29)21(25)10-6-7-13-24)17(2)22(28)26-20-12-11-18-8-4-5-9-19(18)16-20;3-2(4,5)1(6)7/h4-5,8-9,11-12,16-17,21H,3,6-7,10,13-15,24-25H2,1-2H3,(H,26,28);(H,6,7)/t17-,21+;/m0./s1. The summed E-state index contributed by atoms with van der Waals surface area (Å²) in [5.41, 5.74) is 12.4. The highest BCUT2D eigenvalue weighted by molar-refractivity contribution is 7.99. The number of carbonyl (C=O) groups is 3. The fraction of sp³-hybridized carbons (Fsp3) is 0.480. The van der Waals surface area contributed by atoms with Crippen LogP contribution in [-0.4, -0.2) is 70.6 Å². The summed E-state index contributed by atoms with van der Waals surface area (Å²) in [5, 5.41) is 12.2. The summed E-state index contributed by atoms with van der Waals surface area (Å²) >= 11 is 1.74. The molecule has 0 aliphatic carbocycles. The molecule has 0 heterocycles. The molecule has 0 radical (unpaired) electrons. The number of nitrogens with one attached hydrogen (secondary N) is 1. The summed E-state index contributed by atoms with van der Waals surface area (Å²) in [6.45, 7) is 4.92. The lowest BCUT2D eigenvalue weighted by molar-refractivity contribution is -0.192. The highest BCUT2D eigenvalue weighted by Gasteiger charge is 2.38. The molecule has 6 N–H and O–H groups in total. The molecule has 0 aromatic heterocycles. The van der Waals surface area contributed by atoms with Gasteiger partial charge >= 0.3 is 12.1 Å². The maximum atomic E-state index is 13.0. The number of amides is 2. The third kappa shape index (κ3) is 11.4. The van der Waals surface area contributed by atoms with Crippen LogP contribution >= 0.6 is 11.8 Å². The van der Waals surface area contributed by atoms with E-state index in [-0.39, 0.29) is 11.8 Å². The van der Waals surface area contributed by atoms with Crippen molar-refractivity contribution in [3.05, 3.63) is 42.5 Å². The molecule has 206 valence electrons. The molecule has 12 heteroatoms. The summed E-state index contributed by atoms with van der Waals surface area (Å²) in [4.78, 5) is 36.4. The maximum absolute atomic E-state index is 13.0. The topological polar surface area (TPSA) is 139 Å². The van der Waals surface area contributed by atoms with Crippen LogP contribution in [0.5, 0.6) is 0 Å². The number of hydrogen-bond acceptors (Lipinski definition) is 6. The van der Waals surface area contributed by atoms with Gasteiger partial charge in [-0.05, 0) is 55.0 Å². The zero-order chi connectivity index (χ0) is 28.0. The number of carboxylic acid groups (broad SMARTS) is 1. The number of alkyl halides is 3. The van der Waals surface area contributed by atoms with Gasteiger partial charge in [0.25, 0.3) is 0 Å². The second kappa shape index (κ2) is 16.1. The van der Waals surface area contributed by atoms with Crippen LogP contribution in [0.1, 0.15) is 33.1 Å². The predicted octanol–water partition coefficient (Wildman–Crippen LogP) is 3.84. The first-order valence-corrected chi connectivity index (χ1v) is 13.0. The number of nitrogens with two attached hydrogens (primary N) is 2. The Balaban J connectivity index is 0.000000856. The first-order valence-electron chi connectivity index (χ1n) is 11.9. The van der Waals surface area contributed by atoms with Crippen LogP contribution in [0, 0.1) is 0 Å². The number of carbonyl (C=O) groups excluding carboxylic acids is 2. The Morgan fingerprint density at radius 2 is 1.73 bits per heavy atom. The Morgan fingerprint density at radius 3 is 2.30 bits per heavy atom. The molecule has 2 aromatic rings. The zero-order valence-corrected chi connectivity index (χ0v) is 21.8. The number of anilines is 1. The molecule has 37 heavy (non-hydrogen) atoms. The number of hydrogen-bond donors (Lipinski definition) is 4. The van der Waals surface area contributed by atoms with Crippen molar-refractivity contribution in [1.29, 1.82) is 0 Å². The highest BCUT2D eigenvalue weighted by Crippen LogP contribution is 2.20. The second-order valence-electron chi connectivity index (χ2n) is 8.15. The number of nitrogens with zero attached hydrogens (tertiary/aromatic N) is 1. The molecular formula is C25H35F3N4O4S. The molecule has 2 amide bonds. The molecule has 8 nitrogen and oxygen atoms in total. The zero-order valence-electron chi connectivity index (χ0n) is 21.0. The van der Waals surface area contributed by atoms with Crippen LogP contribution in [0.4, 0.5) is 18.9 Å². The van der Waals surface area contributed by atoms with Crippen molar-refractivity contribution in [2.24, 2.45) is 11.5 Å². The molecule has 2 aromatic carbocycles. The predicted molar refractivity (Wildman–Crippen MR) is 141 cm³/mol. The van der Waals surface area contributed by atoms with Gasteiger partial charge in [0.15, 0.2) is 0 Å². The Kier molecular flexibility index (Phi) is 14.0. The summed E-state index contributed by atoms with van der Waals surface area (Å²) in [6, 6.07) is 12.6. The van der Waals surface area contributed by atoms with Gasteiger partial charge in [0.1, 0.15) is 6.04 Å². The van der Waals surface area contributed by atoms with Crippen molar-refractivity contribution < 1.29 is 32.7 Å². The van der Waals surface area contributed by atoms with Crippen molar-refractivity contribution >= 4 is 46.0 Å². The number of rotatable bonds is 12. The molecular weight excluding hydrogens is 509 g/mol. The molecule has 0 saturated heterocycles. The van der Waals surface area contributed by atoms with Gasteiger partial charge < -0.3 is 26.8 Å². The number of aliphatic carboxylic acids is 1. The molecule has 0 spiro atoms. The molecule has 0 saturated carbocycles. The van der Waals surface area contributed by atoms with Gasteiger partial charge in [-0.2, -0.15) is 24.9 Å². The van der Waals surface area contributed by atoms with Crippen LogP contribution in [0.25, 0.3) is 10.8 Å². The van der Waals surface area contributed by atoms with Crippen LogP contribution in [0.15, 0.2) is 42.5 Å². The summed E-state index contributed by atoms with van der Waals surface area (Å²) in [7, 11) is 0. The summed E-state index contributed by atoms with van der Waals surface area (Å²) < 4.78 is 31.7. The van der Waals surface area contributed by atoms with Gasteiger partial charge in [-0.25, -0.2) is 4.79 Å². The summed E-state index contributed by atoms with van der Waals surface area (Å²) in [6.07, 6.45) is -2.87. The monoisotopic (exact) mass is 544 g/mol. The van der Waals surface area contributed by atoms with Crippen molar-refractivity contribution in [2.45, 2.75) is 51.4 Å². The van der Waals surface area contributed by atoms with E-state index in [1.54, 1.807) is 23.6 Å². The van der Waals surface area contributed by atoms with Crippen LogP contribution < -0.4 is 16.8 Å². The van der Waals surface area contributed by atoms with Gasteiger partial charge in [-0.15, -0.1) is 0 Å². The van der Waals surface area contributed by atoms with Gasteiger partial charge in [0.2, 0.25) is 11.8 Å². The minimum absolute atomic E-state index is 0.176. The quantitative estimate of drug-likeness (QED) is 0.298. The lowest BCUT2D eigenvalue weighted by atomic mass is 10.1. The van der Waals surface area contributed by atoms with Gasteiger partial charge in [-0.3, -0.25) is 9.59 Å². The normalized spacial score (nSPS) is 12.7. The maximum Gasteiger partial charge on any atom is 0.490 e. The van der Waals surface area contributed by atoms with E-state index >= 15 is 0 Å². The van der Waals surface area contributed by atoms with Gasteiger partial charge in [-0.1, -0.05) is 43.7 Å². The van der Waals surface area contributed by atoms with E-state index in [2.05, 4.69) is 12.2 Å². The molecule has 0 aliphatic heterocycles. The van der Waals surface area contributed by atoms with Crippen molar-refractivity contribution in [2.75, 3.05) is 29.9 Å². The van der Waals surface area contributed by atoms with E-state index in [0.29, 0.717) is 25.2 Å². The van der Waals surface area contributed by atoms with Crippen molar-refractivity contribution in [3.63, 3.8) is 0 Å². The number of unbranched alkanes of at least 4 members (excludes halogenated alkanes) is 1. The first-order chi connectivity index (χ1) is 17.4. The molecule has 0 unspecified atom stereocenters. The van der Waals surface area contributed by atoms with Crippen LogP contribution in [0.2, 0.25) is 0 Å². The molecule has 0 fully saturated rings. The fourth-order valence-electron chi connectivity index (χ4n) is 3.30. The molecule has 0 aliphatic rings. The SMILES string of the molecule is CCSCCN(C(=O)[C@H](N)CCCCN)[C@@H](C)C(=O)Nc1ccc2ccccc2c1.O=C(O)C(F)(F)F. The molecule has 2 rings (SSSR count). The number of fused-ring (bicyclic) bond motifs is 1. The van der Waals surface area contributed by atoms with Crippen LogP contribution in [0.3, 0.4) is 0 Å². The Morgan fingerprint density at radius 1 is 1.11 bits per heavy atom. The third-order valence-electron chi connectivity index (χ3n) is 5.36. The number of carboxylic acids is 1. The molecule has 2 atom stereocenters. The Bertz CT molecular complexity index is 1020. The largest absolute Gasteiger partial charge is 0.490 e. The Hall–Kier alpha value is -2.83. The van der Waals surface area contributed by atoms with E-state index in [0.717, 1.165) is 35.1 Å².